The van der Waals surface area contributed by atoms with Gasteiger partial charge in [0.15, 0.2) is 6.29 Å². The van der Waals surface area contributed by atoms with Crippen LogP contribution in [-0.2, 0) is 9.47 Å². The largest absolute Gasteiger partial charge is 0.396 e. The second-order valence-corrected chi connectivity index (χ2v) is 8.33. The highest BCUT2D eigenvalue weighted by atomic mass is 16.7. The minimum Gasteiger partial charge on any atom is -0.396 e. The first-order valence-corrected chi connectivity index (χ1v) is 12.8. The molecule has 174 valence electrons. The van der Waals surface area contributed by atoms with Crippen LogP contribution in [0, 0.1) is 0 Å². The molecule has 0 fully saturated rings. The van der Waals surface area contributed by atoms with Gasteiger partial charge in [0.1, 0.15) is 0 Å². The first-order valence-electron chi connectivity index (χ1n) is 12.8. The van der Waals surface area contributed by atoms with Crippen LogP contribution in [0.5, 0.6) is 0 Å². The number of ether oxygens (including phenoxy) is 2. The van der Waals surface area contributed by atoms with Crippen molar-refractivity contribution in [3.63, 3.8) is 0 Å². The number of unbranched alkanes of at least 4 members (excludes halogenated alkanes) is 13. The zero-order chi connectivity index (χ0) is 21.3. The summed E-state index contributed by atoms with van der Waals surface area (Å²) in [5, 5.41) is 8.72. The molecule has 3 heteroatoms. The highest BCUT2D eigenvalue weighted by Crippen LogP contribution is 2.14. The Morgan fingerprint density at radius 2 is 1.07 bits per heavy atom. The number of hydrogen-bond donors (Lipinski definition) is 1. The molecule has 0 spiro atoms. The van der Waals surface area contributed by atoms with Gasteiger partial charge in [0, 0.05) is 19.8 Å². The molecule has 0 saturated heterocycles. The van der Waals surface area contributed by atoms with E-state index in [0.717, 1.165) is 32.5 Å². The number of aliphatic hydroxyl groups is 1. The summed E-state index contributed by atoms with van der Waals surface area (Å²) >= 11 is 0. The van der Waals surface area contributed by atoms with Crippen molar-refractivity contribution in [2.45, 2.75) is 136 Å². The number of aliphatic hydroxyl groups excluding tert-OH is 1. The fourth-order valence-corrected chi connectivity index (χ4v) is 3.47. The topological polar surface area (TPSA) is 38.7 Å². The summed E-state index contributed by atoms with van der Waals surface area (Å²) in [5.74, 6) is 0. The van der Waals surface area contributed by atoms with Crippen LogP contribution < -0.4 is 0 Å². The van der Waals surface area contributed by atoms with E-state index >= 15 is 0 Å². The van der Waals surface area contributed by atoms with Gasteiger partial charge < -0.3 is 14.6 Å². The average molecular weight is 413 g/mol. The molecule has 0 aromatic carbocycles. The van der Waals surface area contributed by atoms with Gasteiger partial charge in [-0.25, -0.2) is 0 Å². The number of allylic oxidation sites excluding steroid dienone is 1. The van der Waals surface area contributed by atoms with Crippen LogP contribution in [0.2, 0.25) is 0 Å². The summed E-state index contributed by atoms with van der Waals surface area (Å²) in [7, 11) is 0. The molecule has 0 aromatic rings. The Kier molecular flexibility index (Phi) is 25.3. The molecule has 0 bridgehead atoms. The standard InChI is InChI=1S/C26H52O3/c1-3-5-7-20-24-28-26(29-25-21-8-6-4-2)22-18-16-14-12-10-9-11-13-15-17-19-23-27/h15,17,26-27H,3-14,16,18-25H2,1-2H3/b17-15+. The van der Waals surface area contributed by atoms with Gasteiger partial charge in [0.25, 0.3) is 0 Å². The molecule has 0 aliphatic heterocycles. The first-order chi connectivity index (χ1) is 14.3. The lowest BCUT2D eigenvalue weighted by Crippen LogP contribution is -2.19. The normalized spacial score (nSPS) is 11.9. The van der Waals surface area contributed by atoms with Gasteiger partial charge in [0.05, 0.1) is 0 Å². The third-order valence-corrected chi connectivity index (χ3v) is 5.38. The molecule has 0 amide bonds. The third-order valence-electron chi connectivity index (χ3n) is 5.38. The minimum absolute atomic E-state index is 0.0176. The molecule has 0 saturated carbocycles. The van der Waals surface area contributed by atoms with E-state index in [9.17, 15) is 0 Å². The summed E-state index contributed by atoms with van der Waals surface area (Å²) in [6.07, 6.45) is 26.5. The Bertz CT molecular complexity index is 303. The molecule has 3 nitrogen and oxygen atoms in total. The van der Waals surface area contributed by atoms with E-state index in [2.05, 4.69) is 26.0 Å². The average Bonchev–Trinajstić information content (AvgIpc) is 2.73. The quantitative estimate of drug-likeness (QED) is 0.0992. The lowest BCUT2D eigenvalue weighted by atomic mass is 10.1. The first kappa shape index (κ1) is 28.6. The molecular weight excluding hydrogens is 360 g/mol. The van der Waals surface area contributed by atoms with Gasteiger partial charge in [0.2, 0.25) is 0 Å². The molecular formula is C26H52O3. The van der Waals surface area contributed by atoms with E-state index in [0.29, 0.717) is 0 Å². The van der Waals surface area contributed by atoms with Gasteiger partial charge in [-0.1, -0.05) is 96.6 Å². The molecule has 0 aromatic heterocycles. The van der Waals surface area contributed by atoms with E-state index in [1.807, 2.05) is 0 Å². The van der Waals surface area contributed by atoms with Crippen molar-refractivity contribution in [1.29, 1.82) is 0 Å². The Hall–Kier alpha value is -0.380. The minimum atomic E-state index is 0.0176. The molecule has 0 unspecified atom stereocenters. The zero-order valence-electron chi connectivity index (χ0n) is 19.8. The van der Waals surface area contributed by atoms with Crippen molar-refractivity contribution < 1.29 is 14.6 Å². The van der Waals surface area contributed by atoms with Crippen molar-refractivity contribution in [2.75, 3.05) is 19.8 Å². The molecule has 1 N–H and O–H groups in total. The van der Waals surface area contributed by atoms with Crippen molar-refractivity contribution >= 4 is 0 Å². The maximum absolute atomic E-state index is 8.72. The van der Waals surface area contributed by atoms with Crippen LogP contribution >= 0.6 is 0 Å². The Balaban J connectivity index is 3.68. The van der Waals surface area contributed by atoms with Crippen molar-refractivity contribution in [3.8, 4) is 0 Å². The van der Waals surface area contributed by atoms with Gasteiger partial charge in [-0.15, -0.1) is 0 Å². The third kappa shape index (κ3) is 23.8. The van der Waals surface area contributed by atoms with Crippen LogP contribution in [0.3, 0.4) is 0 Å². The SMILES string of the molecule is CCCCCCOC(CCCCCCCCC/C=C/CCO)OCCCCCC. The monoisotopic (exact) mass is 412 g/mol. The predicted molar refractivity (Wildman–Crippen MR) is 126 cm³/mol. The van der Waals surface area contributed by atoms with Crippen LogP contribution in [0.4, 0.5) is 0 Å². The Labute approximate surface area is 182 Å². The summed E-state index contributed by atoms with van der Waals surface area (Å²) < 4.78 is 12.1. The molecule has 0 heterocycles. The second kappa shape index (κ2) is 25.7. The Morgan fingerprint density at radius 1 is 0.586 bits per heavy atom. The van der Waals surface area contributed by atoms with E-state index in [1.54, 1.807) is 0 Å². The molecule has 0 aliphatic rings. The number of rotatable bonds is 24. The summed E-state index contributed by atoms with van der Waals surface area (Å²) in [6.45, 7) is 6.47. The van der Waals surface area contributed by atoms with Crippen molar-refractivity contribution in [3.05, 3.63) is 12.2 Å². The molecule has 0 radical (unpaired) electrons. The Morgan fingerprint density at radius 3 is 1.62 bits per heavy atom. The fraction of sp³-hybridized carbons (Fsp3) is 0.923. The van der Waals surface area contributed by atoms with Gasteiger partial charge >= 0.3 is 0 Å². The highest BCUT2D eigenvalue weighted by molar-refractivity contribution is 4.80. The lowest BCUT2D eigenvalue weighted by Gasteiger charge is -2.19. The smallest absolute Gasteiger partial charge is 0.157 e. The number of hydrogen-bond acceptors (Lipinski definition) is 3. The summed E-state index contributed by atoms with van der Waals surface area (Å²) in [5.41, 5.74) is 0. The van der Waals surface area contributed by atoms with Crippen LogP contribution in [0.15, 0.2) is 12.2 Å². The van der Waals surface area contributed by atoms with E-state index < -0.39 is 0 Å². The van der Waals surface area contributed by atoms with Crippen LogP contribution in [0.1, 0.15) is 129 Å². The summed E-state index contributed by atoms with van der Waals surface area (Å²) in [4.78, 5) is 0. The maximum atomic E-state index is 8.72. The van der Waals surface area contributed by atoms with E-state index in [-0.39, 0.29) is 12.9 Å². The molecule has 0 atom stereocenters. The van der Waals surface area contributed by atoms with Gasteiger partial charge in [-0.05, 0) is 44.9 Å². The summed E-state index contributed by atoms with van der Waals surface area (Å²) in [6, 6.07) is 0. The van der Waals surface area contributed by atoms with Crippen molar-refractivity contribution in [1.82, 2.24) is 0 Å². The zero-order valence-corrected chi connectivity index (χ0v) is 19.8. The molecule has 0 aliphatic carbocycles. The molecule has 0 rings (SSSR count). The fourth-order valence-electron chi connectivity index (χ4n) is 3.47. The van der Waals surface area contributed by atoms with Gasteiger partial charge in [-0.2, -0.15) is 0 Å². The second-order valence-electron chi connectivity index (χ2n) is 8.33. The maximum Gasteiger partial charge on any atom is 0.157 e. The van der Waals surface area contributed by atoms with E-state index in [1.165, 1.54) is 96.3 Å². The van der Waals surface area contributed by atoms with E-state index in [4.69, 9.17) is 14.6 Å². The lowest BCUT2D eigenvalue weighted by molar-refractivity contribution is -0.148. The highest BCUT2D eigenvalue weighted by Gasteiger charge is 2.09. The van der Waals surface area contributed by atoms with Gasteiger partial charge in [-0.3, -0.25) is 0 Å². The van der Waals surface area contributed by atoms with Crippen molar-refractivity contribution in [2.24, 2.45) is 0 Å². The van der Waals surface area contributed by atoms with Crippen LogP contribution in [0.25, 0.3) is 0 Å². The van der Waals surface area contributed by atoms with Crippen LogP contribution in [-0.4, -0.2) is 31.2 Å². The molecule has 29 heavy (non-hydrogen) atoms. The predicted octanol–water partition coefficient (Wildman–Crippen LogP) is 7.96.